The molecular formula is C13H25N3O3. The van der Waals surface area contributed by atoms with Gasteiger partial charge in [-0.25, -0.2) is 0 Å². The van der Waals surface area contributed by atoms with Crippen molar-refractivity contribution in [2.24, 2.45) is 0 Å². The highest BCUT2D eigenvalue weighted by Crippen LogP contribution is 2.05. The maximum absolute atomic E-state index is 11.8. The Morgan fingerprint density at radius 3 is 2.95 bits per heavy atom. The van der Waals surface area contributed by atoms with E-state index in [9.17, 15) is 4.79 Å². The molecule has 110 valence electrons. The molecule has 19 heavy (non-hydrogen) atoms. The van der Waals surface area contributed by atoms with E-state index in [4.69, 9.17) is 9.47 Å². The van der Waals surface area contributed by atoms with Gasteiger partial charge in [-0.1, -0.05) is 6.92 Å². The lowest BCUT2D eigenvalue weighted by Crippen LogP contribution is -2.48. The summed E-state index contributed by atoms with van der Waals surface area (Å²) in [6, 6.07) is 0. The van der Waals surface area contributed by atoms with Crippen LogP contribution in [-0.4, -0.2) is 75.5 Å². The van der Waals surface area contributed by atoms with Crippen molar-refractivity contribution in [2.75, 3.05) is 52.5 Å². The number of nitrogens with zero attached hydrogens (tertiary/aromatic N) is 1. The van der Waals surface area contributed by atoms with E-state index in [1.54, 1.807) is 0 Å². The molecule has 0 aromatic carbocycles. The first-order valence-corrected chi connectivity index (χ1v) is 7.21. The van der Waals surface area contributed by atoms with E-state index < -0.39 is 0 Å². The zero-order valence-electron chi connectivity index (χ0n) is 11.7. The maximum Gasteiger partial charge on any atom is 0.222 e. The van der Waals surface area contributed by atoms with Crippen molar-refractivity contribution in [3.63, 3.8) is 0 Å². The average molecular weight is 271 g/mol. The Kier molecular flexibility index (Phi) is 6.03. The highest BCUT2D eigenvalue weighted by atomic mass is 16.5. The second kappa shape index (κ2) is 7.79. The molecule has 2 unspecified atom stereocenters. The van der Waals surface area contributed by atoms with E-state index >= 15 is 0 Å². The molecule has 2 heterocycles. The van der Waals surface area contributed by atoms with Crippen molar-refractivity contribution in [1.82, 2.24) is 15.5 Å². The molecule has 2 N–H and O–H groups in total. The molecule has 2 fully saturated rings. The molecule has 0 aromatic rings. The Morgan fingerprint density at radius 2 is 2.21 bits per heavy atom. The first kappa shape index (κ1) is 14.7. The quantitative estimate of drug-likeness (QED) is 0.685. The van der Waals surface area contributed by atoms with E-state index in [0.29, 0.717) is 19.6 Å². The third-order valence-electron chi connectivity index (χ3n) is 3.61. The second-order valence-electron chi connectivity index (χ2n) is 5.09. The summed E-state index contributed by atoms with van der Waals surface area (Å²) in [5.41, 5.74) is 0. The molecule has 2 rings (SSSR count). The van der Waals surface area contributed by atoms with Gasteiger partial charge in [-0.05, 0) is 6.54 Å². The molecular weight excluding hydrogens is 246 g/mol. The molecule has 2 saturated heterocycles. The van der Waals surface area contributed by atoms with Crippen molar-refractivity contribution < 1.29 is 14.3 Å². The number of ether oxygens (including phenoxy) is 2. The van der Waals surface area contributed by atoms with Gasteiger partial charge in [0, 0.05) is 32.7 Å². The third kappa shape index (κ3) is 5.06. The molecule has 0 spiro atoms. The number of carbonyl (C=O) groups excluding carboxylic acids is 1. The van der Waals surface area contributed by atoms with E-state index in [0.717, 1.165) is 39.3 Å². The highest BCUT2D eigenvalue weighted by Gasteiger charge is 2.21. The van der Waals surface area contributed by atoms with Gasteiger partial charge in [0.25, 0.3) is 0 Å². The number of hydrogen-bond donors (Lipinski definition) is 2. The molecule has 0 aliphatic carbocycles. The van der Waals surface area contributed by atoms with Crippen molar-refractivity contribution >= 4 is 5.91 Å². The SMILES string of the molecule is CCN1CCOC(CNC(=O)CC2CNCCO2)C1. The normalized spacial score (nSPS) is 29.1. The van der Waals surface area contributed by atoms with Gasteiger partial charge in [-0.2, -0.15) is 0 Å². The van der Waals surface area contributed by atoms with Gasteiger partial charge in [-0.3, -0.25) is 9.69 Å². The van der Waals surface area contributed by atoms with E-state index in [1.165, 1.54) is 0 Å². The number of hydrogen-bond acceptors (Lipinski definition) is 5. The van der Waals surface area contributed by atoms with Crippen LogP contribution in [0.4, 0.5) is 0 Å². The van der Waals surface area contributed by atoms with Gasteiger partial charge in [0.1, 0.15) is 0 Å². The number of carbonyl (C=O) groups is 1. The predicted octanol–water partition coefficient (Wildman–Crippen LogP) is -0.798. The van der Waals surface area contributed by atoms with E-state index in [1.807, 2.05) is 0 Å². The van der Waals surface area contributed by atoms with Crippen LogP contribution in [0.25, 0.3) is 0 Å². The topological polar surface area (TPSA) is 62.8 Å². The molecule has 0 bridgehead atoms. The third-order valence-corrected chi connectivity index (χ3v) is 3.61. The molecule has 2 atom stereocenters. The summed E-state index contributed by atoms with van der Waals surface area (Å²) in [5.74, 6) is 0.0471. The fourth-order valence-corrected chi connectivity index (χ4v) is 2.45. The number of amides is 1. The lowest BCUT2D eigenvalue weighted by Gasteiger charge is -2.32. The van der Waals surface area contributed by atoms with Crippen LogP contribution in [0.3, 0.4) is 0 Å². The first-order valence-electron chi connectivity index (χ1n) is 7.21. The van der Waals surface area contributed by atoms with Crippen LogP contribution < -0.4 is 10.6 Å². The summed E-state index contributed by atoms with van der Waals surface area (Å²) in [6.45, 7) is 8.75. The minimum absolute atomic E-state index is 0.00756. The van der Waals surface area contributed by atoms with Crippen LogP contribution in [0.1, 0.15) is 13.3 Å². The van der Waals surface area contributed by atoms with Crippen molar-refractivity contribution in [1.29, 1.82) is 0 Å². The second-order valence-corrected chi connectivity index (χ2v) is 5.09. The minimum Gasteiger partial charge on any atom is -0.375 e. The number of nitrogens with one attached hydrogen (secondary N) is 2. The van der Waals surface area contributed by atoms with Crippen LogP contribution in [0.5, 0.6) is 0 Å². The van der Waals surface area contributed by atoms with E-state index in [-0.39, 0.29) is 18.1 Å². The molecule has 0 radical (unpaired) electrons. The predicted molar refractivity (Wildman–Crippen MR) is 72.1 cm³/mol. The molecule has 1 amide bonds. The number of likely N-dealkylation sites (N-methyl/N-ethyl adjacent to an activating group) is 1. The summed E-state index contributed by atoms with van der Waals surface area (Å²) in [4.78, 5) is 14.2. The summed E-state index contributed by atoms with van der Waals surface area (Å²) in [6.07, 6.45) is 0.549. The Labute approximate surface area is 114 Å². The lowest BCUT2D eigenvalue weighted by molar-refractivity contribution is -0.125. The largest absolute Gasteiger partial charge is 0.375 e. The standard InChI is InChI=1S/C13H25N3O3/c1-2-16-4-6-19-12(10-16)9-15-13(17)7-11-8-14-3-5-18-11/h11-12,14H,2-10H2,1H3,(H,15,17). The fraction of sp³-hybridized carbons (Fsp3) is 0.923. The van der Waals surface area contributed by atoms with Gasteiger partial charge in [0.15, 0.2) is 0 Å². The smallest absolute Gasteiger partial charge is 0.222 e. The summed E-state index contributed by atoms with van der Waals surface area (Å²) in [7, 11) is 0. The van der Waals surface area contributed by atoms with Gasteiger partial charge in [0.05, 0.1) is 31.8 Å². The first-order chi connectivity index (χ1) is 9.28. The van der Waals surface area contributed by atoms with Crippen molar-refractivity contribution in [3.05, 3.63) is 0 Å². The number of rotatable bonds is 5. The van der Waals surface area contributed by atoms with Gasteiger partial charge in [0.2, 0.25) is 5.91 Å². The average Bonchev–Trinajstić information content (AvgIpc) is 2.46. The summed E-state index contributed by atoms with van der Waals surface area (Å²) >= 11 is 0. The summed E-state index contributed by atoms with van der Waals surface area (Å²) in [5, 5.41) is 6.17. The van der Waals surface area contributed by atoms with Crippen LogP contribution in [0.15, 0.2) is 0 Å². The molecule has 2 aliphatic heterocycles. The Hall–Kier alpha value is -0.690. The zero-order chi connectivity index (χ0) is 13.5. The van der Waals surface area contributed by atoms with Crippen LogP contribution in [0, 0.1) is 0 Å². The number of morpholine rings is 2. The minimum atomic E-state index is 0.00756. The summed E-state index contributed by atoms with van der Waals surface area (Å²) < 4.78 is 11.2. The van der Waals surface area contributed by atoms with Gasteiger partial charge in [-0.15, -0.1) is 0 Å². The highest BCUT2D eigenvalue weighted by molar-refractivity contribution is 5.76. The fourth-order valence-electron chi connectivity index (χ4n) is 2.45. The Balaban J connectivity index is 1.62. The van der Waals surface area contributed by atoms with Gasteiger partial charge < -0.3 is 20.1 Å². The Morgan fingerprint density at radius 1 is 1.37 bits per heavy atom. The van der Waals surface area contributed by atoms with Crippen molar-refractivity contribution in [3.8, 4) is 0 Å². The molecule has 6 heteroatoms. The zero-order valence-corrected chi connectivity index (χ0v) is 11.7. The van der Waals surface area contributed by atoms with Crippen LogP contribution in [-0.2, 0) is 14.3 Å². The maximum atomic E-state index is 11.8. The van der Waals surface area contributed by atoms with E-state index in [2.05, 4.69) is 22.5 Å². The monoisotopic (exact) mass is 271 g/mol. The molecule has 6 nitrogen and oxygen atoms in total. The van der Waals surface area contributed by atoms with Crippen LogP contribution >= 0.6 is 0 Å². The molecule has 0 aromatic heterocycles. The molecule has 0 saturated carbocycles. The van der Waals surface area contributed by atoms with Crippen LogP contribution in [0.2, 0.25) is 0 Å². The lowest BCUT2D eigenvalue weighted by atomic mass is 10.2. The van der Waals surface area contributed by atoms with Crippen molar-refractivity contribution in [2.45, 2.75) is 25.6 Å². The van der Waals surface area contributed by atoms with Gasteiger partial charge >= 0.3 is 0 Å². The molecule has 2 aliphatic rings. The Bertz CT molecular complexity index is 282.